The number of nitrogens with zero attached hydrogens (tertiary/aromatic N) is 1. The molecule has 0 radical (unpaired) electrons. The molecule has 0 atom stereocenters. The summed E-state index contributed by atoms with van der Waals surface area (Å²) in [4.78, 5) is 2.89. The molecule has 0 saturated heterocycles. The molecule has 1 aromatic rings. The molecule has 9 heavy (non-hydrogen) atoms. The fourth-order valence-corrected chi connectivity index (χ4v) is 1.01. The highest BCUT2D eigenvalue weighted by molar-refractivity contribution is 14.1. The fraction of sp³-hybridized carbons (Fsp3) is 0. The number of aromatic nitrogens is 1. The molecule has 0 aromatic carbocycles. The van der Waals surface area contributed by atoms with Crippen LogP contribution < -0.4 is 0 Å². The topological polar surface area (TPSA) is 48.4 Å². The molecule has 0 aliphatic carbocycles. The summed E-state index contributed by atoms with van der Waals surface area (Å²) < 4.78 is 1.10. The molecule has 0 aliphatic heterocycles. The third-order valence-corrected chi connectivity index (χ3v) is 1.49. The van der Waals surface area contributed by atoms with Gasteiger partial charge in [0.2, 0.25) is 0 Å². The zero-order chi connectivity index (χ0) is 6.69. The molecule has 4 heteroatoms. The molecule has 0 spiro atoms. The van der Waals surface area contributed by atoms with Crippen molar-refractivity contribution < 1.29 is 5.21 Å². The molecular weight excluding hydrogens is 231 g/mol. The lowest BCUT2D eigenvalue weighted by molar-refractivity contribution is 0.321. The number of oxime groups is 1. The van der Waals surface area contributed by atoms with Gasteiger partial charge in [-0.05, 0) is 28.7 Å². The second-order valence-electron chi connectivity index (χ2n) is 1.52. The Balaban J connectivity index is 2.85. The summed E-state index contributed by atoms with van der Waals surface area (Å²) >= 11 is 2.17. The summed E-state index contributed by atoms with van der Waals surface area (Å²) in [7, 11) is 0. The van der Waals surface area contributed by atoms with Crippen LogP contribution in [0, 0.1) is 3.57 Å². The van der Waals surface area contributed by atoms with Crippen molar-refractivity contribution in [3.05, 3.63) is 21.5 Å². The first kappa shape index (κ1) is 6.60. The van der Waals surface area contributed by atoms with E-state index in [0.29, 0.717) is 0 Å². The van der Waals surface area contributed by atoms with E-state index in [1.807, 2.05) is 12.3 Å². The van der Waals surface area contributed by atoms with Crippen LogP contribution in [0.3, 0.4) is 0 Å². The third-order valence-electron chi connectivity index (χ3n) is 0.867. The van der Waals surface area contributed by atoms with E-state index in [2.05, 4.69) is 32.7 Å². The van der Waals surface area contributed by atoms with Gasteiger partial charge in [-0.15, -0.1) is 0 Å². The molecule has 3 nitrogen and oxygen atoms in total. The van der Waals surface area contributed by atoms with Gasteiger partial charge >= 0.3 is 0 Å². The fourth-order valence-electron chi connectivity index (χ4n) is 0.521. The Morgan fingerprint density at radius 3 is 3.00 bits per heavy atom. The van der Waals surface area contributed by atoms with E-state index in [-0.39, 0.29) is 0 Å². The van der Waals surface area contributed by atoms with Gasteiger partial charge in [-0.2, -0.15) is 0 Å². The minimum absolute atomic E-state index is 0.807. The Labute approximate surface area is 65.9 Å². The third kappa shape index (κ3) is 1.70. The largest absolute Gasteiger partial charge is 0.411 e. The number of hydrogen-bond donors (Lipinski definition) is 2. The first-order chi connectivity index (χ1) is 4.33. The Kier molecular flexibility index (Phi) is 2.10. The predicted octanol–water partition coefficient (Wildman–Crippen LogP) is 1.43. The molecule has 48 valence electrons. The van der Waals surface area contributed by atoms with Gasteiger partial charge in [-0.25, -0.2) is 0 Å². The quantitative estimate of drug-likeness (QED) is 0.329. The molecule has 0 saturated carbocycles. The second-order valence-corrected chi connectivity index (χ2v) is 2.76. The summed E-state index contributed by atoms with van der Waals surface area (Å²) in [5, 5.41) is 10.9. The number of H-pyrrole nitrogens is 1. The molecule has 0 fully saturated rings. The molecule has 1 aromatic heterocycles. The number of nitrogens with one attached hydrogen (secondary N) is 1. The highest BCUT2D eigenvalue weighted by atomic mass is 127. The normalized spacial score (nSPS) is 10.8. The lowest BCUT2D eigenvalue weighted by Gasteiger charge is -1.76. The molecule has 1 rings (SSSR count). The lowest BCUT2D eigenvalue weighted by atomic mass is 10.5. The van der Waals surface area contributed by atoms with Crippen LogP contribution >= 0.6 is 22.6 Å². The van der Waals surface area contributed by atoms with Crippen LogP contribution in [0.1, 0.15) is 5.69 Å². The van der Waals surface area contributed by atoms with Gasteiger partial charge in [0.05, 0.1) is 11.9 Å². The van der Waals surface area contributed by atoms with E-state index in [9.17, 15) is 0 Å². The summed E-state index contributed by atoms with van der Waals surface area (Å²) in [6.07, 6.45) is 3.18. The van der Waals surface area contributed by atoms with Crippen molar-refractivity contribution in [1.29, 1.82) is 0 Å². The zero-order valence-electron chi connectivity index (χ0n) is 4.50. The Morgan fingerprint density at radius 1 is 1.78 bits per heavy atom. The molecule has 0 aliphatic rings. The number of halogens is 1. The average Bonchev–Trinajstić information content (AvgIpc) is 2.17. The van der Waals surface area contributed by atoms with E-state index >= 15 is 0 Å². The smallest absolute Gasteiger partial charge is 0.0896 e. The predicted molar refractivity (Wildman–Crippen MR) is 42.9 cm³/mol. The van der Waals surface area contributed by atoms with Crippen molar-refractivity contribution in [3.8, 4) is 0 Å². The van der Waals surface area contributed by atoms with Crippen molar-refractivity contribution in [3.63, 3.8) is 0 Å². The minimum atomic E-state index is 0.807. The van der Waals surface area contributed by atoms with Gasteiger partial charge in [0.1, 0.15) is 0 Å². The summed E-state index contributed by atoms with van der Waals surface area (Å²) in [5.41, 5.74) is 0.807. The van der Waals surface area contributed by atoms with E-state index in [4.69, 9.17) is 5.21 Å². The molecule has 2 N–H and O–H groups in total. The summed E-state index contributed by atoms with van der Waals surface area (Å²) in [6.45, 7) is 0. The Morgan fingerprint density at radius 2 is 2.56 bits per heavy atom. The van der Waals surface area contributed by atoms with Crippen LogP contribution in [0.2, 0.25) is 0 Å². The first-order valence-electron chi connectivity index (χ1n) is 2.34. The lowest BCUT2D eigenvalue weighted by Crippen LogP contribution is -1.76. The van der Waals surface area contributed by atoms with Crippen molar-refractivity contribution in [2.75, 3.05) is 0 Å². The van der Waals surface area contributed by atoms with Gasteiger partial charge in [-0.3, -0.25) is 0 Å². The van der Waals surface area contributed by atoms with Crippen molar-refractivity contribution >= 4 is 28.8 Å². The Hall–Kier alpha value is -0.520. The minimum Gasteiger partial charge on any atom is -0.411 e. The van der Waals surface area contributed by atoms with Crippen molar-refractivity contribution in [1.82, 2.24) is 4.98 Å². The maximum Gasteiger partial charge on any atom is 0.0896 e. The van der Waals surface area contributed by atoms with E-state index in [0.717, 1.165) is 9.26 Å². The van der Waals surface area contributed by atoms with Crippen molar-refractivity contribution in [2.45, 2.75) is 0 Å². The van der Waals surface area contributed by atoms with Gasteiger partial charge in [0.25, 0.3) is 0 Å². The first-order valence-corrected chi connectivity index (χ1v) is 3.42. The average molecular weight is 236 g/mol. The zero-order valence-corrected chi connectivity index (χ0v) is 6.66. The van der Waals surface area contributed by atoms with E-state index in [1.54, 1.807) is 0 Å². The van der Waals surface area contributed by atoms with Crippen LogP contribution in [-0.2, 0) is 0 Å². The highest BCUT2D eigenvalue weighted by Crippen LogP contribution is 2.03. The van der Waals surface area contributed by atoms with E-state index in [1.165, 1.54) is 6.21 Å². The van der Waals surface area contributed by atoms with Crippen LogP contribution in [0.4, 0.5) is 0 Å². The number of aromatic amines is 1. The standard InChI is InChI=1S/C5H5IN2O/c6-4-1-5(3-8-9)7-2-4/h1-3,7,9H. The highest BCUT2D eigenvalue weighted by Gasteiger charge is 1.89. The van der Waals surface area contributed by atoms with Crippen LogP contribution in [0.5, 0.6) is 0 Å². The SMILES string of the molecule is ON=Cc1cc(I)c[nH]1. The van der Waals surface area contributed by atoms with Gasteiger partial charge in [0, 0.05) is 9.77 Å². The van der Waals surface area contributed by atoms with Crippen molar-refractivity contribution in [2.24, 2.45) is 5.16 Å². The van der Waals surface area contributed by atoms with Gasteiger partial charge < -0.3 is 10.2 Å². The van der Waals surface area contributed by atoms with Crippen LogP contribution in [0.15, 0.2) is 17.4 Å². The number of hydrogen-bond acceptors (Lipinski definition) is 2. The van der Waals surface area contributed by atoms with Gasteiger partial charge in [0.15, 0.2) is 0 Å². The van der Waals surface area contributed by atoms with Gasteiger partial charge in [-0.1, -0.05) is 5.16 Å². The summed E-state index contributed by atoms with van der Waals surface area (Å²) in [6, 6.07) is 1.88. The van der Waals surface area contributed by atoms with E-state index < -0.39 is 0 Å². The van der Waals surface area contributed by atoms with Crippen LogP contribution in [-0.4, -0.2) is 16.4 Å². The molecule has 0 unspecified atom stereocenters. The molecule has 0 bridgehead atoms. The maximum atomic E-state index is 8.08. The Bertz CT molecular complexity index is 218. The number of rotatable bonds is 1. The second kappa shape index (κ2) is 2.86. The molecule has 1 heterocycles. The monoisotopic (exact) mass is 236 g/mol. The molecular formula is C5H5IN2O. The summed E-state index contributed by atoms with van der Waals surface area (Å²) in [5.74, 6) is 0. The molecule has 0 amide bonds. The van der Waals surface area contributed by atoms with Crippen LogP contribution in [0.25, 0.3) is 0 Å². The maximum absolute atomic E-state index is 8.08.